The highest BCUT2D eigenvalue weighted by atomic mass is 16.5. The summed E-state index contributed by atoms with van der Waals surface area (Å²) in [5, 5.41) is 3.39. The first kappa shape index (κ1) is 15.2. The van der Waals surface area contributed by atoms with Crippen molar-refractivity contribution in [1.82, 2.24) is 5.32 Å². The van der Waals surface area contributed by atoms with E-state index >= 15 is 0 Å². The molecule has 0 aliphatic carbocycles. The fourth-order valence-corrected chi connectivity index (χ4v) is 1.88. The van der Waals surface area contributed by atoms with Crippen LogP contribution in [-0.2, 0) is 4.74 Å². The Morgan fingerprint density at radius 3 is 2.67 bits per heavy atom. The van der Waals surface area contributed by atoms with Gasteiger partial charge in [-0.1, -0.05) is 57.0 Å². The SMILES string of the molecule is [CH2]CCNCC(OCCCCC)c1ccccc1. The van der Waals surface area contributed by atoms with Gasteiger partial charge in [-0.25, -0.2) is 0 Å². The van der Waals surface area contributed by atoms with E-state index in [9.17, 15) is 0 Å². The second-order valence-electron chi connectivity index (χ2n) is 4.53. The molecule has 1 atom stereocenters. The highest BCUT2D eigenvalue weighted by Gasteiger charge is 2.10. The fourth-order valence-electron chi connectivity index (χ4n) is 1.88. The minimum absolute atomic E-state index is 0.162. The monoisotopic (exact) mass is 248 g/mol. The van der Waals surface area contributed by atoms with Gasteiger partial charge in [0.05, 0.1) is 6.10 Å². The topological polar surface area (TPSA) is 21.3 Å². The molecule has 101 valence electrons. The Kier molecular flexibility index (Phi) is 8.53. The Hall–Kier alpha value is -0.860. The summed E-state index contributed by atoms with van der Waals surface area (Å²) >= 11 is 0. The third-order valence-electron chi connectivity index (χ3n) is 2.92. The molecule has 0 saturated carbocycles. The average molecular weight is 248 g/mol. The Morgan fingerprint density at radius 2 is 2.00 bits per heavy atom. The van der Waals surface area contributed by atoms with Gasteiger partial charge >= 0.3 is 0 Å². The van der Waals surface area contributed by atoms with Crippen LogP contribution in [0.1, 0.15) is 44.3 Å². The molecule has 1 aromatic rings. The number of hydrogen-bond acceptors (Lipinski definition) is 2. The van der Waals surface area contributed by atoms with E-state index in [0.29, 0.717) is 0 Å². The summed E-state index contributed by atoms with van der Waals surface area (Å²) in [5.41, 5.74) is 1.26. The standard InChI is InChI=1S/C16H26NO/c1-3-5-9-13-18-16(14-17-12-4-2)15-10-7-6-8-11-15/h6-8,10-11,16-17H,2-5,9,12-14H2,1H3. The van der Waals surface area contributed by atoms with Gasteiger partial charge in [-0.05, 0) is 24.9 Å². The van der Waals surface area contributed by atoms with Crippen LogP contribution >= 0.6 is 0 Å². The van der Waals surface area contributed by atoms with Gasteiger partial charge in [-0.15, -0.1) is 0 Å². The summed E-state index contributed by atoms with van der Waals surface area (Å²) in [6.45, 7) is 8.71. The zero-order valence-corrected chi connectivity index (χ0v) is 11.5. The molecular formula is C16H26NO. The van der Waals surface area contributed by atoms with Gasteiger partial charge in [0.1, 0.15) is 0 Å². The fraction of sp³-hybridized carbons (Fsp3) is 0.562. The van der Waals surface area contributed by atoms with Crippen LogP contribution in [0.2, 0.25) is 0 Å². The van der Waals surface area contributed by atoms with E-state index in [2.05, 4.69) is 43.4 Å². The Balaban J connectivity index is 2.42. The molecule has 2 heteroatoms. The quantitative estimate of drug-likeness (QED) is 0.637. The van der Waals surface area contributed by atoms with Crippen LogP contribution < -0.4 is 5.32 Å². The van der Waals surface area contributed by atoms with Crippen molar-refractivity contribution in [3.05, 3.63) is 42.8 Å². The van der Waals surface area contributed by atoms with E-state index in [1.807, 2.05) is 6.07 Å². The Labute approximate surface area is 112 Å². The maximum atomic E-state index is 5.99. The van der Waals surface area contributed by atoms with Crippen LogP contribution in [0.25, 0.3) is 0 Å². The van der Waals surface area contributed by atoms with E-state index in [4.69, 9.17) is 4.74 Å². The van der Waals surface area contributed by atoms with Crippen molar-refractivity contribution in [1.29, 1.82) is 0 Å². The van der Waals surface area contributed by atoms with Crippen molar-refractivity contribution in [2.24, 2.45) is 0 Å². The summed E-state index contributed by atoms with van der Waals surface area (Å²) in [7, 11) is 0. The number of unbranched alkanes of at least 4 members (excludes halogenated alkanes) is 2. The second-order valence-corrected chi connectivity index (χ2v) is 4.53. The van der Waals surface area contributed by atoms with E-state index in [1.165, 1.54) is 18.4 Å². The van der Waals surface area contributed by atoms with Gasteiger partial charge in [0.25, 0.3) is 0 Å². The van der Waals surface area contributed by atoms with Gasteiger partial charge in [0, 0.05) is 13.2 Å². The zero-order chi connectivity index (χ0) is 13.1. The summed E-state index contributed by atoms with van der Waals surface area (Å²) < 4.78 is 5.99. The van der Waals surface area contributed by atoms with Gasteiger partial charge in [0.15, 0.2) is 0 Å². The van der Waals surface area contributed by atoms with Crippen molar-refractivity contribution >= 4 is 0 Å². The number of ether oxygens (including phenoxy) is 1. The van der Waals surface area contributed by atoms with Crippen LogP contribution in [0.4, 0.5) is 0 Å². The predicted octanol–water partition coefficient (Wildman–Crippen LogP) is 3.75. The third kappa shape index (κ3) is 6.18. The second kappa shape index (κ2) is 10.1. The summed E-state index contributed by atoms with van der Waals surface area (Å²) in [6.07, 6.45) is 4.70. The number of benzene rings is 1. The van der Waals surface area contributed by atoms with Crippen LogP contribution in [0.15, 0.2) is 30.3 Å². The molecule has 0 heterocycles. The van der Waals surface area contributed by atoms with E-state index in [-0.39, 0.29) is 6.10 Å². The number of nitrogens with one attached hydrogen (secondary N) is 1. The van der Waals surface area contributed by atoms with E-state index < -0.39 is 0 Å². The maximum absolute atomic E-state index is 5.99. The van der Waals surface area contributed by atoms with E-state index in [1.54, 1.807) is 0 Å². The van der Waals surface area contributed by atoms with Crippen molar-refractivity contribution < 1.29 is 4.74 Å². The first-order valence-electron chi connectivity index (χ1n) is 7.05. The molecule has 18 heavy (non-hydrogen) atoms. The Bertz CT molecular complexity index is 286. The van der Waals surface area contributed by atoms with E-state index in [0.717, 1.165) is 32.5 Å². The molecule has 1 N–H and O–H groups in total. The van der Waals surface area contributed by atoms with Crippen LogP contribution in [0.3, 0.4) is 0 Å². The molecular weight excluding hydrogens is 222 g/mol. The smallest absolute Gasteiger partial charge is 0.0949 e. The van der Waals surface area contributed by atoms with Gasteiger partial charge in [-0.3, -0.25) is 0 Å². The molecule has 0 bridgehead atoms. The number of rotatable bonds is 10. The highest BCUT2D eigenvalue weighted by Crippen LogP contribution is 2.16. The molecule has 0 amide bonds. The Morgan fingerprint density at radius 1 is 1.22 bits per heavy atom. The molecule has 1 rings (SSSR count). The molecule has 0 saturated heterocycles. The lowest BCUT2D eigenvalue weighted by Crippen LogP contribution is -2.24. The van der Waals surface area contributed by atoms with Crippen molar-refractivity contribution in [2.75, 3.05) is 19.7 Å². The lowest BCUT2D eigenvalue weighted by atomic mass is 10.1. The molecule has 1 radical (unpaired) electrons. The van der Waals surface area contributed by atoms with Crippen LogP contribution in [0.5, 0.6) is 0 Å². The molecule has 0 aliphatic heterocycles. The highest BCUT2D eigenvalue weighted by molar-refractivity contribution is 5.17. The first-order chi connectivity index (χ1) is 8.88. The van der Waals surface area contributed by atoms with Crippen LogP contribution in [0, 0.1) is 6.92 Å². The van der Waals surface area contributed by atoms with Gasteiger partial charge in [0.2, 0.25) is 0 Å². The maximum Gasteiger partial charge on any atom is 0.0949 e. The van der Waals surface area contributed by atoms with Gasteiger partial charge in [-0.2, -0.15) is 0 Å². The lowest BCUT2D eigenvalue weighted by molar-refractivity contribution is 0.0502. The van der Waals surface area contributed by atoms with Crippen LogP contribution in [-0.4, -0.2) is 19.7 Å². The third-order valence-corrected chi connectivity index (χ3v) is 2.92. The zero-order valence-electron chi connectivity index (χ0n) is 11.5. The predicted molar refractivity (Wildman–Crippen MR) is 77.5 cm³/mol. The van der Waals surface area contributed by atoms with Crippen molar-refractivity contribution in [3.63, 3.8) is 0 Å². The molecule has 0 spiro atoms. The summed E-state index contributed by atoms with van der Waals surface area (Å²) in [6, 6.07) is 10.5. The molecule has 1 aromatic carbocycles. The molecule has 2 nitrogen and oxygen atoms in total. The molecule has 1 unspecified atom stereocenters. The lowest BCUT2D eigenvalue weighted by Gasteiger charge is -2.19. The largest absolute Gasteiger partial charge is 0.372 e. The van der Waals surface area contributed by atoms with Crippen molar-refractivity contribution in [3.8, 4) is 0 Å². The molecule has 0 fully saturated rings. The normalized spacial score (nSPS) is 12.6. The molecule has 0 aliphatic rings. The van der Waals surface area contributed by atoms with Crippen molar-refractivity contribution in [2.45, 2.75) is 38.7 Å². The first-order valence-corrected chi connectivity index (χ1v) is 7.05. The molecule has 0 aromatic heterocycles. The minimum atomic E-state index is 0.162. The summed E-state index contributed by atoms with van der Waals surface area (Å²) in [5.74, 6) is 0. The number of hydrogen-bond donors (Lipinski definition) is 1. The minimum Gasteiger partial charge on any atom is -0.372 e. The average Bonchev–Trinajstić information content (AvgIpc) is 2.42. The summed E-state index contributed by atoms with van der Waals surface area (Å²) in [4.78, 5) is 0. The van der Waals surface area contributed by atoms with Gasteiger partial charge < -0.3 is 10.1 Å².